The summed E-state index contributed by atoms with van der Waals surface area (Å²) in [4.78, 5) is 14.3. The number of fused-ring (bicyclic) bond motifs is 2. The maximum absolute atomic E-state index is 6.20. The molecule has 6 rings (SSSR count). The molecule has 2 aliphatic heterocycles. The van der Waals surface area contributed by atoms with E-state index in [9.17, 15) is 0 Å². The van der Waals surface area contributed by atoms with Gasteiger partial charge in [0, 0.05) is 12.4 Å². The molecule has 0 fully saturated rings. The zero-order valence-corrected chi connectivity index (χ0v) is 29.2. The van der Waals surface area contributed by atoms with Crippen LogP contribution in [0.25, 0.3) is 32.3 Å². The van der Waals surface area contributed by atoms with Crippen molar-refractivity contribution in [3.63, 3.8) is 0 Å². The molecule has 6 nitrogen and oxygen atoms in total. The van der Waals surface area contributed by atoms with E-state index in [1.54, 1.807) is 22.7 Å². The van der Waals surface area contributed by atoms with E-state index in [0.717, 1.165) is 68.1 Å². The predicted molar refractivity (Wildman–Crippen MR) is 190 cm³/mol. The molecule has 0 unspecified atom stereocenters. The lowest BCUT2D eigenvalue weighted by molar-refractivity contribution is 0.172. The fraction of sp³-hybridized carbons (Fsp3) is 0.526. The molecule has 4 aromatic heterocycles. The van der Waals surface area contributed by atoms with E-state index >= 15 is 0 Å². The van der Waals surface area contributed by atoms with Gasteiger partial charge in [0.1, 0.15) is 26.4 Å². The maximum atomic E-state index is 6.20. The second-order valence-corrected chi connectivity index (χ2v) is 14.5. The van der Waals surface area contributed by atoms with Gasteiger partial charge in [-0.05, 0) is 61.1 Å². The summed E-state index contributed by atoms with van der Waals surface area (Å²) in [6.45, 7) is 6.89. The number of aryl methyl sites for hydroxylation is 2. The molecule has 0 N–H and O–H groups in total. The lowest BCUT2D eigenvalue weighted by Crippen LogP contribution is -2.15. The first kappa shape index (κ1) is 32.8. The number of pyridine rings is 2. The minimum atomic E-state index is 0.576. The molecule has 0 radical (unpaired) electrons. The molecule has 0 saturated carbocycles. The smallest absolute Gasteiger partial charge is 0.180 e. The highest BCUT2D eigenvalue weighted by Gasteiger charge is 2.27. The number of nitrogens with zero attached hydrogens (tertiary/aromatic N) is 2. The Kier molecular flexibility index (Phi) is 11.9. The Morgan fingerprint density at radius 3 is 1.35 bits per heavy atom. The summed E-state index contributed by atoms with van der Waals surface area (Å²) < 4.78 is 24.7. The summed E-state index contributed by atoms with van der Waals surface area (Å²) in [6.07, 6.45) is 21.2. The van der Waals surface area contributed by atoms with Gasteiger partial charge in [0.25, 0.3) is 0 Å². The molecule has 246 valence electrons. The molecule has 6 heterocycles. The van der Waals surface area contributed by atoms with Gasteiger partial charge in [0.05, 0.1) is 30.9 Å². The topological polar surface area (TPSA) is 62.7 Å². The molecule has 0 atom stereocenters. The second kappa shape index (κ2) is 16.6. The lowest BCUT2D eigenvalue weighted by atomic mass is 10.1. The van der Waals surface area contributed by atoms with E-state index in [0.29, 0.717) is 26.4 Å². The van der Waals surface area contributed by atoms with Gasteiger partial charge in [-0.25, -0.2) is 0 Å². The Balaban J connectivity index is 1.22. The zero-order chi connectivity index (χ0) is 31.6. The molecule has 0 spiro atoms. The molecule has 0 bridgehead atoms. The van der Waals surface area contributed by atoms with Crippen molar-refractivity contribution in [1.82, 2.24) is 9.97 Å². The number of ether oxygens (including phenoxy) is 4. The predicted octanol–water partition coefficient (Wildman–Crippen LogP) is 10.9. The standard InChI is InChI=1S/C38H48N2O4S2/c1-3-5-7-9-11-13-15-31-33-35(43-23-21-41-33)37(45-31)27-17-19-39-29(25-27)30-26-28(18-20-40-30)38-36-34(42-22-24-44-36)32(46-38)16-14-12-10-8-6-4-2/h17-20,25-26H,3-16,21-24H2,1-2H3. The van der Waals surface area contributed by atoms with Crippen molar-refractivity contribution in [2.24, 2.45) is 0 Å². The van der Waals surface area contributed by atoms with Crippen LogP contribution in [-0.4, -0.2) is 36.4 Å². The molecule has 8 heteroatoms. The summed E-state index contributed by atoms with van der Waals surface area (Å²) in [5, 5.41) is 0. The van der Waals surface area contributed by atoms with E-state index in [4.69, 9.17) is 28.9 Å². The highest BCUT2D eigenvalue weighted by atomic mass is 32.1. The number of hydrogen-bond acceptors (Lipinski definition) is 8. The summed E-state index contributed by atoms with van der Waals surface area (Å²) in [6, 6.07) is 8.42. The maximum Gasteiger partial charge on any atom is 0.180 e. The van der Waals surface area contributed by atoms with Crippen LogP contribution in [0.4, 0.5) is 0 Å². The average Bonchev–Trinajstić information content (AvgIpc) is 3.67. The molecule has 0 aromatic carbocycles. The molecular weight excluding hydrogens is 613 g/mol. The average molecular weight is 661 g/mol. The largest absolute Gasteiger partial charge is 0.485 e. The monoisotopic (exact) mass is 660 g/mol. The molecule has 0 saturated heterocycles. The van der Waals surface area contributed by atoms with E-state index < -0.39 is 0 Å². The first-order chi connectivity index (χ1) is 22.8. The summed E-state index contributed by atoms with van der Waals surface area (Å²) in [5.74, 6) is 3.66. The number of unbranched alkanes of at least 4 members (excludes halogenated alkanes) is 10. The van der Waals surface area contributed by atoms with Crippen LogP contribution in [0.1, 0.15) is 101 Å². The van der Waals surface area contributed by atoms with Gasteiger partial charge in [-0.15, -0.1) is 22.7 Å². The Bertz CT molecular complexity index is 1450. The normalized spacial score (nSPS) is 13.7. The van der Waals surface area contributed by atoms with Crippen molar-refractivity contribution in [2.75, 3.05) is 26.4 Å². The quantitative estimate of drug-likeness (QED) is 0.105. The van der Waals surface area contributed by atoms with E-state index in [1.165, 1.54) is 86.8 Å². The third-order valence-corrected chi connectivity index (χ3v) is 11.3. The number of hydrogen-bond donors (Lipinski definition) is 0. The lowest BCUT2D eigenvalue weighted by Gasteiger charge is -2.17. The minimum Gasteiger partial charge on any atom is -0.485 e. The van der Waals surface area contributed by atoms with Gasteiger partial charge < -0.3 is 18.9 Å². The zero-order valence-electron chi connectivity index (χ0n) is 27.5. The van der Waals surface area contributed by atoms with Crippen LogP contribution < -0.4 is 18.9 Å². The molecule has 0 amide bonds. The van der Waals surface area contributed by atoms with E-state index in [-0.39, 0.29) is 0 Å². The molecule has 0 aliphatic carbocycles. The van der Waals surface area contributed by atoms with Gasteiger partial charge in [0.15, 0.2) is 23.0 Å². The van der Waals surface area contributed by atoms with Crippen molar-refractivity contribution in [3.05, 3.63) is 46.4 Å². The fourth-order valence-corrected chi connectivity index (χ4v) is 8.74. The number of rotatable bonds is 17. The fourth-order valence-electron chi connectivity index (χ4n) is 6.29. The highest BCUT2D eigenvalue weighted by molar-refractivity contribution is 7.16. The van der Waals surface area contributed by atoms with Gasteiger partial charge in [-0.2, -0.15) is 0 Å². The second-order valence-electron chi connectivity index (χ2n) is 12.3. The molecule has 4 aromatic rings. The van der Waals surface area contributed by atoms with Crippen LogP contribution in [0, 0.1) is 0 Å². The van der Waals surface area contributed by atoms with Crippen molar-refractivity contribution in [2.45, 2.75) is 104 Å². The van der Waals surface area contributed by atoms with Gasteiger partial charge >= 0.3 is 0 Å². The first-order valence-corrected chi connectivity index (χ1v) is 19.2. The van der Waals surface area contributed by atoms with Crippen LogP contribution in [0.15, 0.2) is 36.7 Å². The third-order valence-electron chi connectivity index (χ3n) is 8.76. The van der Waals surface area contributed by atoms with Gasteiger partial charge in [0.2, 0.25) is 0 Å². The van der Waals surface area contributed by atoms with Crippen LogP contribution in [0.5, 0.6) is 23.0 Å². The highest BCUT2D eigenvalue weighted by Crippen LogP contribution is 2.51. The first-order valence-electron chi connectivity index (χ1n) is 17.5. The Hall–Kier alpha value is -3.10. The Labute approximate surface area is 282 Å². The Morgan fingerprint density at radius 1 is 0.522 bits per heavy atom. The Morgan fingerprint density at radius 2 is 0.913 bits per heavy atom. The van der Waals surface area contributed by atoms with Crippen molar-refractivity contribution in [1.29, 1.82) is 0 Å². The third kappa shape index (κ3) is 7.88. The van der Waals surface area contributed by atoms with Gasteiger partial charge in [-0.3, -0.25) is 9.97 Å². The summed E-state index contributed by atoms with van der Waals surface area (Å²) in [5.41, 5.74) is 3.85. The van der Waals surface area contributed by atoms with Crippen molar-refractivity contribution < 1.29 is 18.9 Å². The van der Waals surface area contributed by atoms with Crippen LogP contribution in [-0.2, 0) is 12.8 Å². The molecule has 46 heavy (non-hydrogen) atoms. The van der Waals surface area contributed by atoms with E-state index in [2.05, 4.69) is 38.1 Å². The van der Waals surface area contributed by atoms with Crippen LogP contribution in [0.2, 0.25) is 0 Å². The van der Waals surface area contributed by atoms with E-state index in [1.807, 2.05) is 12.4 Å². The SMILES string of the molecule is CCCCCCCCc1sc(-c2ccnc(-c3cc(-c4sc(CCCCCCCC)c5c4OCCO5)ccn3)c2)c2c1OCCO2. The minimum absolute atomic E-state index is 0.576. The number of thiophene rings is 2. The van der Waals surface area contributed by atoms with Crippen molar-refractivity contribution in [3.8, 4) is 55.3 Å². The summed E-state index contributed by atoms with van der Waals surface area (Å²) in [7, 11) is 0. The van der Waals surface area contributed by atoms with Gasteiger partial charge in [-0.1, -0.05) is 78.1 Å². The molecule has 2 aliphatic rings. The molecular formula is C38H48N2O4S2. The van der Waals surface area contributed by atoms with Crippen LogP contribution >= 0.6 is 22.7 Å². The summed E-state index contributed by atoms with van der Waals surface area (Å²) >= 11 is 3.61. The van der Waals surface area contributed by atoms with Crippen LogP contribution in [0.3, 0.4) is 0 Å². The number of aromatic nitrogens is 2. The van der Waals surface area contributed by atoms with Crippen molar-refractivity contribution >= 4 is 22.7 Å².